The Hall–Kier alpha value is -2.41. The van der Waals surface area contributed by atoms with E-state index in [0.717, 1.165) is 37.6 Å². The highest BCUT2D eigenvalue weighted by Crippen LogP contribution is 2.23. The van der Waals surface area contributed by atoms with Gasteiger partial charge in [0.2, 0.25) is 0 Å². The van der Waals surface area contributed by atoms with E-state index in [1.165, 1.54) is 12.1 Å². The molecule has 126 valence electrons. The van der Waals surface area contributed by atoms with E-state index in [4.69, 9.17) is 0 Å². The zero-order chi connectivity index (χ0) is 16.5. The van der Waals surface area contributed by atoms with Gasteiger partial charge in [-0.25, -0.2) is 14.2 Å². The molecule has 6 nitrogen and oxygen atoms in total. The number of nitrogens with one attached hydrogen (secondary N) is 1. The smallest absolute Gasteiger partial charge is 0.320 e. The first-order valence-electron chi connectivity index (χ1n) is 8.19. The molecule has 7 heteroatoms. The van der Waals surface area contributed by atoms with Crippen LogP contribution in [0, 0.1) is 5.82 Å². The fourth-order valence-electron chi connectivity index (χ4n) is 3.52. The van der Waals surface area contributed by atoms with Gasteiger partial charge in [0.05, 0.1) is 12.6 Å². The maximum Gasteiger partial charge on any atom is 0.320 e. The van der Waals surface area contributed by atoms with Crippen LogP contribution < -0.4 is 0 Å². The second-order valence-corrected chi connectivity index (χ2v) is 6.41. The number of carbonyl (C=O) groups is 1. The number of hydrogen-bond donors (Lipinski definition) is 1. The lowest BCUT2D eigenvalue weighted by Crippen LogP contribution is -2.51. The second kappa shape index (κ2) is 6.24. The van der Waals surface area contributed by atoms with Crippen molar-refractivity contribution in [3.05, 3.63) is 53.9 Å². The molecular formula is C17H20FN5O. The van der Waals surface area contributed by atoms with Crippen molar-refractivity contribution in [1.29, 1.82) is 0 Å². The van der Waals surface area contributed by atoms with E-state index in [0.29, 0.717) is 13.1 Å². The summed E-state index contributed by atoms with van der Waals surface area (Å²) in [4.78, 5) is 26.1. The lowest BCUT2D eigenvalue weighted by Gasteiger charge is -2.35. The van der Waals surface area contributed by atoms with Crippen LogP contribution in [-0.2, 0) is 13.1 Å². The number of fused-ring (bicyclic) bond motifs is 1. The van der Waals surface area contributed by atoms with E-state index < -0.39 is 0 Å². The van der Waals surface area contributed by atoms with Crippen molar-refractivity contribution in [2.45, 2.75) is 19.1 Å². The molecule has 2 amide bonds. The molecule has 2 saturated heterocycles. The Labute approximate surface area is 139 Å². The van der Waals surface area contributed by atoms with Gasteiger partial charge in [-0.2, -0.15) is 0 Å². The van der Waals surface area contributed by atoms with Crippen LogP contribution >= 0.6 is 0 Å². The molecule has 2 aromatic rings. The van der Waals surface area contributed by atoms with Crippen LogP contribution in [0.15, 0.2) is 36.7 Å². The Kier molecular flexibility index (Phi) is 3.93. The minimum Gasteiger partial charge on any atom is -0.348 e. The quantitative estimate of drug-likeness (QED) is 0.928. The number of H-pyrrole nitrogens is 1. The van der Waals surface area contributed by atoms with Gasteiger partial charge in [-0.3, -0.25) is 4.90 Å². The van der Waals surface area contributed by atoms with Crippen molar-refractivity contribution in [1.82, 2.24) is 24.7 Å². The van der Waals surface area contributed by atoms with Crippen LogP contribution in [0.3, 0.4) is 0 Å². The number of halogens is 1. The molecule has 1 aromatic heterocycles. The van der Waals surface area contributed by atoms with Gasteiger partial charge in [-0.15, -0.1) is 0 Å². The predicted molar refractivity (Wildman–Crippen MR) is 86.6 cm³/mol. The van der Waals surface area contributed by atoms with Gasteiger partial charge >= 0.3 is 6.03 Å². The summed E-state index contributed by atoms with van der Waals surface area (Å²) in [6.45, 7) is 4.47. The molecule has 1 aromatic carbocycles. The molecule has 1 N–H and O–H groups in total. The molecule has 0 aliphatic carbocycles. The first-order valence-corrected chi connectivity index (χ1v) is 8.19. The first-order chi connectivity index (χ1) is 11.7. The monoisotopic (exact) mass is 329 g/mol. The van der Waals surface area contributed by atoms with Crippen LogP contribution in [0.25, 0.3) is 0 Å². The minimum absolute atomic E-state index is 0.0852. The summed E-state index contributed by atoms with van der Waals surface area (Å²) in [5.41, 5.74) is 0.956. The van der Waals surface area contributed by atoms with Crippen LogP contribution in [0.2, 0.25) is 0 Å². The van der Waals surface area contributed by atoms with Crippen molar-refractivity contribution >= 4 is 6.03 Å². The van der Waals surface area contributed by atoms with Crippen molar-refractivity contribution in [2.75, 3.05) is 26.2 Å². The number of urea groups is 1. The van der Waals surface area contributed by atoms with Gasteiger partial charge in [0.1, 0.15) is 11.6 Å². The van der Waals surface area contributed by atoms with E-state index in [9.17, 15) is 9.18 Å². The van der Waals surface area contributed by atoms with Crippen molar-refractivity contribution < 1.29 is 9.18 Å². The summed E-state index contributed by atoms with van der Waals surface area (Å²) in [5, 5.41) is 0. The number of piperazine rings is 1. The largest absolute Gasteiger partial charge is 0.348 e. The number of benzene rings is 1. The highest BCUT2D eigenvalue weighted by Gasteiger charge is 2.40. The van der Waals surface area contributed by atoms with Crippen LogP contribution in [0.5, 0.6) is 0 Å². The van der Waals surface area contributed by atoms with E-state index in [-0.39, 0.29) is 17.9 Å². The number of aromatic nitrogens is 2. The number of amides is 2. The molecule has 0 bridgehead atoms. The molecule has 24 heavy (non-hydrogen) atoms. The molecule has 2 fully saturated rings. The molecular weight excluding hydrogens is 309 g/mol. The first kappa shape index (κ1) is 15.1. The average molecular weight is 329 g/mol. The number of carbonyl (C=O) groups excluding carboxylic acids is 1. The van der Waals surface area contributed by atoms with E-state index in [1.54, 1.807) is 18.3 Å². The fourth-order valence-corrected chi connectivity index (χ4v) is 3.52. The topological polar surface area (TPSA) is 55.5 Å². The van der Waals surface area contributed by atoms with Gasteiger partial charge in [-0.05, 0) is 17.7 Å². The zero-order valence-corrected chi connectivity index (χ0v) is 13.4. The second-order valence-electron chi connectivity index (χ2n) is 6.41. The summed E-state index contributed by atoms with van der Waals surface area (Å²) >= 11 is 0. The summed E-state index contributed by atoms with van der Waals surface area (Å²) in [6.07, 6.45) is 3.59. The Bertz CT molecular complexity index is 702. The molecule has 2 aliphatic heterocycles. The Morgan fingerprint density at radius 2 is 2.00 bits per heavy atom. The number of nitrogens with zero attached hydrogens (tertiary/aromatic N) is 4. The summed E-state index contributed by atoms with van der Waals surface area (Å²) < 4.78 is 13.0. The van der Waals surface area contributed by atoms with Crippen molar-refractivity contribution in [2.24, 2.45) is 0 Å². The Morgan fingerprint density at radius 1 is 1.17 bits per heavy atom. The van der Waals surface area contributed by atoms with E-state index >= 15 is 0 Å². The van der Waals surface area contributed by atoms with Crippen LogP contribution in [-0.4, -0.2) is 62.9 Å². The van der Waals surface area contributed by atoms with Crippen LogP contribution in [0.4, 0.5) is 9.18 Å². The normalized spacial score (nSPS) is 21.4. The average Bonchev–Trinajstić information content (AvgIpc) is 3.19. The fraction of sp³-hybridized carbons (Fsp3) is 0.412. The Morgan fingerprint density at radius 3 is 2.75 bits per heavy atom. The SMILES string of the molecule is O=C1N(Cc2ccc(F)cc2)CC2CN(Cc3ncc[nH]3)CCN12. The number of hydrogen-bond acceptors (Lipinski definition) is 3. The lowest BCUT2D eigenvalue weighted by atomic mass is 10.2. The van der Waals surface area contributed by atoms with Crippen LogP contribution in [0.1, 0.15) is 11.4 Å². The summed E-state index contributed by atoms with van der Waals surface area (Å²) in [7, 11) is 0. The van der Waals surface area contributed by atoms with E-state index in [1.807, 2.05) is 16.0 Å². The van der Waals surface area contributed by atoms with Crippen molar-refractivity contribution in [3.63, 3.8) is 0 Å². The minimum atomic E-state index is -0.252. The van der Waals surface area contributed by atoms with Gasteiger partial charge in [0.25, 0.3) is 0 Å². The maximum atomic E-state index is 13.0. The molecule has 1 unspecified atom stereocenters. The molecule has 3 heterocycles. The van der Waals surface area contributed by atoms with Gasteiger partial charge in [0.15, 0.2) is 0 Å². The maximum absolute atomic E-state index is 13.0. The molecule has 0 spiro atoms. The summed E-state index contributed by atoms with van der Waals surface area (Å²) in [5.74, 6) is 0.702. The van der Waals surface area contributed by atoms with Gasteiger partial charge < -0.3 is 14.8 Å². The third-order valence-corrected chi connectivity index (χ3v) is 4.73. The number of aromatic amines is 1. The number of rotatable bonds is 4. The van der Waals surface area contributed by atoms with Crippen molar-refractivity contribution in [3.8, 4) is 0 Å². The summed E-state index contributed by atoms with van der Waals surface area (Å²) in [6, 6.07) is 6.65. The predicted octanol–water partition coefficient (Wildman–Crippen LogP) is 1.67. The number of imidazole rings is 1. The third kappa shape index (κ3) is 2.99. The highest BCUT2D eigenvalue weighted by atomic mass is 19.1. The molecule has 0 radical (unpaired) electrons. The molecule has 0 saturated carbocycles. The highest BCUT2D eigenvalue weighted by molar-refractivity contribution is 5.77. The third-order valence-electron chi connectivity index (χ3n) is 4.73. The van der Waals surface area contributed by atoms with E-state index in [2.05, 4.69) is 14.9 Å². The molecule has 4 rings (SSSR count). The Balaban J connectivity index is 1.39. The lowest BCUT2D eigenvalue weighted by molar-refractivity contribution is 0.114. The van der Waals surface area contributed by atoms with Gasteiger partial charge in [0, 0.05) is 45.1 Å². The zero-order valence-electron chi connectivity index (χ0n) is 13.4. The molecule has 2 aliphatic rings. The standard InChI is InChI=1S/C17H20FN5O/c18-14-3-1-13(2-4-14)9-22-11-15-10-21(7-8-23(15)17(22)24)12-16-19-5-6-20-16/h1-6,15H,7-12H2,(H,19,20). The van der Waals surface area contributed by atoms with Gasteiger partial charge in [-0.1, -0.05) is 12.1 Å². The molecule has 1 atom stereocenters.